The van der Waals surface area contributed by atoms with Gasteiger partial charge in [0.1, 0.15) is 5.82 Å². The molecule has 3 aromatic rings. The third kappa shape index (κ3) is 4.49. The van der Waals surface area contributed by atoms with Crippen LogP contribution >= 0.6 is 0 Å². The number of hydrogen-bond acceptors (Lipinski definition) is 3. The van der Waals surface area contributed by atoms with E-state index in [1.165, 1.54) is 0 Å². The summed E-state index contributed by atoms with van der Waals surface area (Å²) in [6.07, 6.45) is 0. The monoisotopic (exact) mass is 330 g/mol. The molecule has 3 aromatic carbocycles. The molecule has 0 spiro atoms. The van der Waals surface area contributed by atoms with Crippen LogP contribution in [-0.4, -0.2) is 18.3 Å². The van der Waals surface area contributed by atoms with Crippen LogP contribution in [0.15, 0.2) is 96.8 Å². The molecule has 0 atom stereocenters. The van der Waals surface area contributed by atoms with Crippen molar-refractivity contribution in [1.82, 2.24) is 5.32 Å². The molecule has 0 aliphatic heterocycles. The second kappa shape index (κ2) is 8.71. The Morgan fingerprint density at radius 2 is 1.16 bits per heavy atom. The van der Waals surface area contributed by atoms with E-state index in [9.17, 15) is 5.11 Å². The zero-order chi connectivity index (χ0) is 17.3. The Hall–Kier alpha value is -3.04. The lowest BCUT2D eigenvalue weighted by Gasteiger charge is -2.19. The van der Waals surface area contributed by atoms with Gasteiger partial charge in [0.05, 0.1) is 6.61 Å². The lowest BCUT2D eigenvalue weighted by atomic mass is 9.97. The number of para-hydroxylation sites is 1. The van der Waals surface area contributed by atoms with Gasteiger partial charge in [0.25, 0.3) is 0 Å². The van der Waals surface area contributed by atoms with Gasteiger partial charge in [-0.3, -0.25) is 0 Å². The van der Waals surface area contributed by atoms with Crippen molar-refractivity contribution in [3.8, 4) is 0 Å². The average Bonchev–Trinajstić information content (AvgIpc) is 2.69. The summed E-state index contributed by atoms with van der Waals surface area (Å²) in [5.41, 5.74) is 4.28. The van der Waals surface area contributed by atoms with Crippen molar-refractivity contribution in [2.24, 2.45) is 0 Å². The summed E-state index contributed by atoms with van der Waals surface area (Å²) in [5, 5.41) is 16.1. The van der Waals surface area contributed by atoms with Crippen molar-refractivity contribution in [3.63, 3.8) is 0 Å². The Morgan fingerprint density at radius 3 is 1.64 bits per heavy atom. The Balaban J connectivity index is 2.11. The first-order valence-electron chi connectivity index (χ1n) is 8.40. The van der Waals surface area contributed by atoms with Gasteiger partial charge in [0.15, 0.2) is 0 Å². The topological polar surface area (TPSA) is 44.3 Å². The van der Waals surface area contributed by atoms with Crippen LogP contribution in [0.25, 0.3) is 5.57 Å². The van der Waals surface area contributed by atoms with Crippen LogP contribution in [0.4, 0.5) is 5.69 Å². The van der Waals surface area contributed by atoms with Gasteiger partial charge in [-0.1, -0.05) is 78.9 Å². The van der Waals surface area contributed by atoms with Crippen LogP contribution in [0, 0.1) is 0 Å². The highest BCUT2D eigenvalue weighted by atomic mass is 16.3. The van der Waals surface area contributed by atoms with E-state index in [4.69, 9.17) is 0 Å². The van der Waals surface area contributed by atoms with Crippen molar-refractivity contribution >= 4 is 11.3 Å². The van der Waals surface area contributed by atoms with Gasteiger partial charge in [-0.05, 0) is 23.3 Å². The molecular formula is C22H22N2O. The zero-order valence-electron chi connectivity index (χ0n) is 14.0. The fourth-order valence-corrected chi connectivity index (χ4v) is 2.71. The minimum atomic E-state index is 0.0663. The Bertz CT molecular complexity index is 758. The van der Waals surface area contributed by atoms with Crippen LogP contribution in [-0.2, 0) is 0 Å². The maximum Gasteiger partial charge on any atom is 0.112 e. The summed E-state index contributed by atoms with van der Waals surface area (Å²) in [7, 11) is 0. The first-order valence-corrected chi connectivity index (χ1v) is 8.40. The van der Waals surface area contributed by atoms with Crippen LogP contribution in [0.2, 0.25) is 0 Å². The summed E-state index contributed by atoms with van der Waals surface area (Å²) in [6.45, 7) is 0.537. The molecule has 0 aliphatic carbocycles. The first kappa shape index (κ1) is 16.8. The molecule has 0 saturated carbocycles. The Morgan fingerprint density at radius 1 is 0.680 bits per heavy atom. The minimum absolute atomic E-state index is 0.0663. The second-order valence-electron chi connectivity index (χ2n) is 5.62. The van der Waals surface area contributed by atoms with Crippen LogP contribution in [0.1, 0.15) is 11.1 Å². The molecule has 0 aromatic heterocycles. The predicted molar refractivity (Wildman–Crippen MR) is 104 cm³/mol. The van der Waals surface area contributed by atoms with Crippen LogP contribution < -0.4 is 10.6 Å². The standard InChI is InChI=1S/C22H22N2O/c25-17-16-23-22(24-20-14-8-3-9-15-20)21(18-10-4-1-5-11-18)19-12-6-2-7-13-19/h1-15,23-25H,16-17H2. The van der Waals surface area contributed by atoms with Crippen LogP contribution in [0.5, 0.6) is 0 Å². The molecular weight excluding hydrogens is 308 g/mol. The van der Waals surface area contributed by atoms with E-state index in [0.29, 0.717) is 6.54 Å². The first-order chi connectivity index (χ1) is 12.4. The number of rotatable bonds is 7. The number of aliphatic hydroxyl groups excluding tert-OH is 1. The van der Waals surface area contributed by atoms with Gasteiger partial charge in [-0.15, -0.1) is 0 Å². The fraction of sp³-hybridized carbons (Fsp3) is 0.0909. The molecule has 3 N–H and O–H groups in total. The quantitative estimate of drug-likeness (QED) is 0.611. The molecule has 126 valence electrons. The zero-order valence-corrected chi connectivity index (χ0v) is 14.0. The fourth-order valence-electron chi connectivity index (χ4n) is 2.71. The highest BCUT2D eigenvalue weighted by molar-refractivity contribution is 5.83. The SMILES string of the molecule is OCCNC(Nc1ccccc1)=C(c1ccccc1)c1ccccc1. The highest BCUT2D eigenvalue weighted by Gasteiger charge is 2.12. The molecule has 3 heteroatoms. The van der Waals surface area contributed by atoms with E-state index in [1.54, 1.807) is 0 Å². The lowest BCUT2D eigenvalue weighted by molar-refractivity contribution is 0.297. The number of anilines is 1. The van der Waals surface area contributed by atoms with Gasteiger partial charge in [0, 0.05) is 17.8 Å². The van der Waals surface area contributed by atoms with Crippen molar-refractivity contribution in [2.75, 3.05) is 18.5 Å². The summed E-state index contributed by atoms with van der Waals surface area (Å²) < 4.78 is 0. The molecule has 25 heavy (non-hydrogen) atoms. The Kier molecular flexibility index (Phi) is 5.86. The van der Waals surface area contributed by atoms with E-state index >= 15 is 0 Å². The van der Waals surface area contributed by atoms with Gasteiger partial charge in [0.2, 0.25) is 0 Å². The predicted octanol–water partition coefficient (Wildman–Crippen LogP) is 4.10. The maximum atomic E-state index is 9.29. The molecule has 0 bridgehead atoms. The van der Waals surface area contributed by atoms with Crippen molar-refractivity contribution in [3.05, 3.63) is 108 Å². The van der Waals surface area contributed by atoms with Gasteiger partial charge < -0.3 is 15.7 Å². The van der Waals surface area contributed by atoms with E-state index in [0.717, 1.165) is 28.2 Å². The van der Waals surface area contributed by atoms with Gasteiger partial charge in [-0.2, -0.15) is 0 Å². The summed E-state index contributed by atoms with van der Waals surface area (Å²) in [5.74, 6) is 0.873. The lowest BCUT2D eigenvalue weighted by Crippen LogP contribution is -2.24. The van der Waals surface area contributed by atoms with Crippen molar-refractivity contribution < 1.29 is 5.11 Å². The minimum Gasteiger partial charge on any atom is -0.395 e. The number of aliphatic hydroxyl groups is 1. The normalized spacial score (nSPS) is 10.1. The molecule has 0 unspecified atom stereocenters. The summed E-state index contributed by atoms with van der Waals surface area (Å²) in [4.78, 5) is 0. The molecule has 0 fully saturated rings. The number of hydrogen-bond donors (Lipinski definition) is 3. The average molecular weight is 330 g/mol. The molecule has 0 amide bonds. The molecule has 3 rings (SSSR count). The molecule has 3 nitrogen and oxygen atoms in total. The highest BCUT2D eigenvalue weighted by Crippen LogP contribution is 2.26. The molecule has 0 heterocycles. The number of benzene rings is 3. The van der Waals surface area contributed by atoms with Crippen molar-refractivity contribution in [1.29, 1.82) is 0 Å². The summed E-state index contributed by atoms with van der Waals surface area (Å²) >= 11 is 0. The van der Waals surface area contributed by atoms with Gasteiger partial charge in [-0.25, -0.2) is 0 Å². The molecule has 0 radical (unpaired) electrons. The third-order valence-corrected chi connectivity index (χ3v) is 3.83. The summed E-state index contributed by atoms with van der Waals surface area (Å²) in [6, 6.07) is 30.6. The van der Waals surface area contributed by atoms with Crippen molar-refractivity contribution in [2.45, 2.75) is 0 Å². The van der Waals surface area contributed by atoms with E-state index in [1.807, 2.05) is 66.7 Å². The van der Waals surface area contributed by atoms with E-state index in [-0.39, 0.29) is 6.61 Å². The molecule has 0 saturated heterocycles. The molecule has 0 aliphatic rings. The third-order valence-electron chi connectivity index (χ3n) is 3.83. The van der Waals surface area contributed by atoms with E-state index < -0.39 is 0 Å². The Labute approximate surface area is 148 Å². The van der Waals surface area contributed by atoms with E-state index in [2.05, 4.69) is 34.9 Å². The smallest absolute Gasteiger partial charge is 0.112 e. The maximum absolute atomic E-state index is 9.29. The van der Waals surface area contributed by atoms with Crippen LogP contribution in [0.3, 0.4) is 0 Å². The largest absolute Gasteiger partial charge is 0.395 e. The van der Waals surface area contributed by atoms with Gasteiger partial charge >= 0.3 is 0 Å². The number of nitrogens with one attached hydrogen (secondary N) is 2. The second-order valence-corrected chi connectivity index (χ2v) is 5.62.